The van der Waals surface area contributed by atoms with Crippen LogP contribution in [0.1, 0.15) is 17.5 Å². The number of amides is 1. The third-order valence-electron chi connectivity index (χ3n) is 3.39. The van der Waals surface area contributed by atoms with Crippen molar-refractivity contribution >= 4 is 17.4 Å². The van der Waals surface area contributed by atoms with Crippen LogP contribution in [0.25, 0.3) is 0 Å². The summed E-state index contributed by atoms with van der Waals surface area (Å²) < 4.78 is 1.36. The van der Waals surface area contributed by atoms with Crippen molar-refractivity contribution < 1.29 is 9.72 Å². The number of hydrogen-bond acceptors (Lipinski definition) is 5. The fraction of sp³-hybridized carbons (Fsp3) is 0.312. The highest BCUT2D eigenvalue weighted by atomic mass is 16.6. The van der Waals surface area contributed by atoms with Gasteiger partial charge in [0.1, 0.15) is 12.7 Å². The van der Waals surface area contributed by atoms with Crippen molar-refractivity contribution in [2.75, 3.05) is 11.4 Å². The van der Waals surface area contributed by atoms with Crippen molar-refractivity contribution in [3.63, 3.8) is 0 Å². The normalized spacial score (nSPS) is 10.2. The van der Waals surface area contributed by atoms with Crippen molar-refractivity contribution in [1.82, 2.24) is 9.55 Å². The molecule has 0 saturated heterocycles. The molecule has 8 heteroatoms. The molecule has 24 heavy (non-hydrogen) atoms. The van der Waals surface area contributed by atoms with Gasteiger partial charge in [0.05, 0.1) is 12.5 Å². The Balaban J connectivity index is 2.24. The molecule has 2 rings (SSSR count). The predicted molar refractivity (Wildman–Crippen MR) is 87.4 cm³/mol. The van der Waals surface area contributed by atoms with E-state index in [-0.39, 0.29) is 31.2 Å². The number of carbonyl (C=O) groups excluding carboxylic acids is 1. The lowest BCUT2D eigenvalue weighted by Gasteiger charge is -2.22. The van der Waals surface area contributed by atoms with Gasteiger partial charge in [0.15, 0.2) is 0 Å². The molecule has 0 aliphatic heterocycles. The molecule has 0 aliphatic rings. The monoisotopic (exact) mass is 327 g/mol. The van der Waals surface area contributed by atoms with Gasteiger partial charge in [-0.25, -0.2) is 0 Å². The summed E-state index contributed by atoms with van der Waals surface area (Å²) in [5.74, 6) is -0.569. The van der Waals surface area contributed by atoms with Crippen LogP contribution in [0.4, 0.5) is 11.5 Å². The predicted octanol–water partition coefficient (Wildman–Crippen LogP) is 2.36. The molecule has 124 valence electrons. The molecule has 8 nitrogen and oxygen atoms in total. The molecular formula is C16H17N5O3. The Morgan fingerprint density at radius 1 is 1.38 bits per heavy atom. The summed E-state index contributed by atoms with van der Waals surface area (Å²) in [7, 11) is 0. The largest absolute Gasteiger partial charge is 0.381 e. The van der Waals surface area contributed by atoms with Gasteiger partial charge in [-0.1, -0.05) is 6.07 Å². The van der Waals surface area contributed by atoms with E-state index in [2.05, 4.69) is 4.98 Å². The first kappa shape index (κ1) is 17.1. The highest BCUT2D eigenvalue weighted by Crippen LogP contribution is 2.20. The third-order valence-corrected chi connectivity index (χ3v) is 3.39. The number of nitriles is 1. The number of nitro groups is 1. The fourth-order valence-corrected chi connectivity index (χ4v) is 2.44. The summed E-state index contributed by atoms with van der Waals surface area (Å²) in [5, 5.41) is 19.5. The van der Waals surface area contributed by atoms with Gasteiger partial charge in [-0.05, 0) is 47.0 Å². The second-order valence-corrected chi connectivity index (χ2v) is 5.46. The molecule has 1 heterocycles. The second kappa shape index (κ2) is 7.37. The lowest BCUT2D eigenvalue weighted by Crippen LogP contribution is -2.34. The number of benzene rings is 1. The minimum absolute atomic E-state index is 0.0841. The zero-order valence-corrected chi connectivity index (χ0v) is 13.5. The fourth-order valence-electron chi connectivity index (χ4n) is 2.44. The molecule has 1 aromatic carbocycles. The van der Waals surface area contributed by atoms with Crippen LogP contribution in [0.5, 0.6) is 0 Å². The van der Waals surface area contributed by atoms with E-state index in [9.17, 15) is 14.9 Å². The first-order chi connectivity index (χ1) is 11.4. The number of hydrogen-bond donors (Lipinski definition) is 0. The number of rotatable bonds is 6. The van der Waals surface area contributed by atoms with Gasteiger partial charge < -0.3 is 19.6 Å². The Bertz CT molecular complexity index is 786. The van der Waals surface area contributed by atoms with Crippen molar-refractivity contribution in [3.05, 3.63) is 52.0 Å². The minimum atomic E-state index is -0.613. The van der Waals surface area contributed by atoms with Gasteiger partial charge in [0.25, 0.3) is 0 Å². The standard InChI is InChI=1S/C16H17N5O3/c1-12-6-13(2)8-14(7-12)20(5-3-4-17)16(22)10-19-9-15(18-11-19)21(23)24/h6-9,11H,3,5,10H2,1-2H3. The summed E-state index contributed by atoms with van der Waals surface area (Å²) >= 11 is 0. The molecule has 0 atom stereocenters. The molecule has 1 amide bonds. The maximum Gasteiger partial charge on any atom is 0.381 e. The van der Waals surface area contributed by atoms with E-state index in [1.165, 1.54) is 22.0 Å². The first-order valence-corrected chi connectivity index (χ1v) is 7.32. The average Bonchev–Trinajstić information content (AvgIpc) is 2.95. The van der Waals surface area contributed by atoms with E-state index in [0.29, 0.717) is 5.69 Å². The molecule has 0 N–H and O–H groups in total. The SMILES string of the molecule is Cc1cc(C)cc(N(CCC#N)C(=O)Cn2cnc([N+](=O)[O-])c2)c1. The molecule has 0 fully saturated rings. The number of nitrogens with zero attached hydrogens (tertiary/aromatic N) is 5. The minimum Gasteiger partial charge on any atom is -0.358 e. The van der Waals surface area contributed by atoms with Gasteiger partial charge in [-0.3, -0.25) is 4.79 Å². The Kier molecular flexibility index (Phi) is 5.27. The summed E-state index contributed by atoms with van der Waals surface area (Å²) in [4.78, 5) is 27.8. The van der Waals surface area contributed by atoms with Crippen molar-refractivity contribution in [1.29, 1.82) is 5.26 Å². The van der Waals surface area contributed by atoms with Crippen LogP contribution in [-0.2, 0) is 11.3 Å². The highest BCUT2D eigenvalue weighted by molar-refractivity contribution is 5.93. The molecule has 0 aliphatic carbocycles. The maximum absolute atomic E-state index is 12.6. The van der Waals surface area contributed by atoms with E-state index in [4.69, 9.17) is 5.26 Å². The van der Waals surface area contributed by atoms with Gasteiger partial charge in [0.2, 0.25) is 12.2 Å². The topological polar surface area (TPSA) is 105 Å². The van der Waals surface area contributed by atoms with Gasteiger partial charge in [0, 0.05) is 12.2 Å². The molecule has 1 aromatic heterocycles. The van der Waals surface area contributed by atoms with E-state index in [1.807, 2.05) is 38.1 Å². The molecule has 0 saturated carbocycles. The van der Waals surface area contributed by atoms with Crippen molar-refractivity contribution in [2.45, 2.75) is 26.8 Å². The van der Waals surface area contributed by atoms with Crippen molar-refractivity contribution in [2.24, 2.45) is 0 Å². The van der Waals surface area contributed by atoms with Gasteiger partial charge in [-0.2, -0.15) is 5.26 Å². The van der Waals surface area contributed by atoms with Gasteiger partial charge >= 0.3 is 5.82 Å². The number of aryl methyl sites for hydroxylation is 2. The summed E-state index contributed by atoms with van der Waals surface area (Å²) in [6.07, 6.45) is 2.66. The summed E-state index contributed by atoms with van der Waals surface area (Å²) in [6.45, 7) is 4.04. The van der Waals surface area contributed by atoms with E-state index in [0.717, 1.165) is 11.1 Å². The van der Waals surface area contributed by atoms with Crippen LogP contribution >= 0.6 is 0 Å². The molecule has 0 spiro atoms. The Morgan fingerprint density at radius 2 is 2.04 bits per heavy atom. The number of carbonyl (C=O) groups is 1. The highest BCUT2D eigenvalue weighted by Gasteiger charge is 2.19. The maximum atomic E-state index is 12.6. The van der Waals surface area contributed by atoms with Gasteiger partial charge in [-0.15, -0.1) is 0 Å². The second-order valence-electron chi connectivity index (χ2n) is 5.46. The molecule has 0 radical (unpaired) electrons. The Hall–Kier alpha value is -3.21. The summed E-state index contributed by atoms with van der Waals surface area (Å²) in [5.41, 5.74) is 2.73. The summed E-state index contributed by atoms with van der Waals surface area (Å²) in [6, 6.07) is 7.78. The van der Waals surface area contributed by atoms with Crippen molar-refractivity contribution in [3.8, 4) is 6.07 Å². The number of aromatic nitrogens is 2. The third kappa shape index (κ3) is 4.16. The smallest absolute Gasteiger partial charge is 0.358 e. The van der Waals surface area contributed by atoms with Crippen LogP contribution in [0.2, 0.25) is 0 Å². The lowest BCUT2D eigenvalue weighted by atomic mass is 10.1. The van der Waals surface area contributed by atoms with E-state index < -0.39 is 4.92 Å². The van der Waals surface area contributed by atoms with Crippen LogP contribution in [0, 0.1) is 35.3 Å². The molecular weight excluding hydrogens is 310 g/mol. The first-order valence-electron chi connectivity index (χ1n) is 7.32. The zero-order chi connectivity index (χ0) is 17.7. The number of imidazole rings is 1. The molecule has 0 bridgehead atoms. The lowest BCUT2D eigenvalue weighted by molar-refractivity contribution is -0.389. The average molecular weight is 327 g/mol. The Morgan fingerprint density at radius 3 is 2.58 bits per heavy atom. The quantitative estimate of drug-likeness (QED) is 0.598. The molecule has 2 aromatic rings. The van der Waals surface area contributed by atoms with Crippen LogP contribution in [-0.4, -0.2) is 26.9 Å². The van der Waals surface area contributed by atoms with E-state index in [1.54, 1.807) is 0 Å². The van der Waals surface area contributed by atoms with Crippen LogP contribution < -0.4 is 4.90 Å². The number of anilines is 1. The van der Waals surface area contributed by atoms with Crippen LogP contribution in [0.3, 0.4) is 0 Å². The van der Waals surface area contributed by atoms with Crippen LogP contribution in [0.15, 0.2) is 30.7 Å². The van der Waals surface area contributed by atoms with E-state index >= 15 is 0 Å². The zero-order valence-electron chi connectivity index (χ0n) is 13.5. The Labute approximate surface area is 139 Å². The molecule has 0 unspecified atom stereocenters.